The lowest BCUT2D eigenvalue weighted by Crippen LogP contribution is -2.26. The molecule has 2 aromatic heterocycles. The van der Waals surface area contributed by atoms with Gasteiger partial charge in [0.1, 0.15) is 0 Å². The van der Waals surface area contributed by atoms with Crippen molar-refractivity contribution in [3.63, 3.8) is 0 Å². The van der Waals surface area contributed by atoms with Crippen molar-refractivity contribution >= 4 is 23.5 Å². The van der Waals surface area contributed by atoms with Crippen molar-refractivity contribution in [2.75, 3.05) is 19.6 Å². The van der Waals surface area contributed by atoms with Gasteiger partial charge in [0.25, 0.3) is 5.56 Å². The predicted molar refractivity (Wildman–Crippen MR) is 132 cm³/mol. The summed E-state index contributed by atoms with van der Waals surface area (Å²) in [6.07, 6.45) is 6.72. The van der Waals surface area contributed by atoms with Crippen molar-refractivity contribution in [3.05, 3.63) is 68.3 Å². The molecule has 2 heterocycles. The van der Waals surface area contributed by atoms with E-state index in [0.29, 0.717) is 30.3 Å². The van der Waals surface area contributed by atoms with Gasteiger partial charge >= 0.3 is 0 Å². The fourth-order valence-electron chi connectivity index (χ4n) is 3.84. The van der Waals surface area contributed by atoms with Gasteiger partial charge in [-0.2, -0.15) is 4.98 Å². The van der Waals surface area contributed by atoms with Crippen LogP contribution in [0.3, 0.4) is 0 Å². The molecular weight excluding hydrogens is 440 g/mol. The average Bonchev–Trinajstić information content (AvgIpc) is 2.81. The molecule has 0 bridgehead atoms. The number of nitrogens with zero attached hydrogens (tertiary/aromatic N) is 4. The van der Waals surface area contributed by atoms with Crippen LogP contribution in [0.25, 0.3) is 0 Å². The van der Waals surface area contributed by atoms with Crippen LogP contribution in [0.5, 0.6) is 5.88 Å². The molecule has 0 N–H and O–H groups in total. The van der Waals surface area contributed by atoms with Gasteiger partial charge in [0.05, 0.1) is 18.5 Å². The van der Waals surface area contributed by atoms with E-state index in [4.69, 9.17) is 14.7 Å². The molecule has 0 amide bonds. The number of aromatic nitrogens is 4. The first kappa shape index (κ1) is 24.3. The van der Waals surface area contributed by atoms with Gasteiger partial charge in [0.2, 0.25) is 5.88 Å². The second-order valence-electron chi connectivity index (χ2n) is 7.41. The Hall–Kier alpha value is -2.32. The van der Waals surface area contributed by atoms with Crippen molar-refractivity contribution in [3.8, 4) is 5.88 Å². The summed E-state index contributed by atoms with van der Waals surface area (Å²) < 4.78 is 7.16. The Balaban J connectivity index is 1.96. The molecule has 3 aromatic rings. The number of hydrogen-bond acceptors (Lipinski definition) is 7. The fourth-order valence-corrected chi connectivity index (χ4v) is 4.77. The van der Waals surface area contributed by atoms with Crippen LogP contribution in [-0.4, -0.2) is 39.1 Å². The molecule has 3 rings (SSSR count). The van der Waals surface area contributed by atoms with Gasteiger partial charge in [-0.3, -0.25) is 9.36 Å². The molecule has 8 heteroatoms. The Morgan fingerprint density at radius 1 is 0.938 bits per heavy atom. The van der Waals surface area contributed by atoms with E-state index >= 15 is 0 Å². The van der Waals surface area contributed by atoms with Crippen LogP contribution in [0.4, 0.5) is 0 Å². The Labute approximate surface area is 198 Å². The first-order valence-corrected chi connectivity index (χ1v) is 13.1. The summed E-state index contributed by atoms with van der Waals surface area (Å²) in [4.78, 5) is 26.8. The second kappa shape index (κ2) is 11.0. The van der Waals surface area contributed by atoms with Crippen LogP contribution < -0.4 is 10.3 Å². The number of rotatable bonds is 9. The third kappa shape index (κ3) is 5.18. The van der Waals surface area contributed by atoms with E-state index < -0.39 is 0 Å². The van der Waals surface area contributed by atoms with E-state index in [1.54, 1.807) is 18.7 Å². The lowest BCUT2D eigenvalue weighted by Gasteiger charge is -2.14. The highest BCUT2D eigenvalue weighted by Crippen LogP contribution is 2.25. The quantitative estimate of drug-likeness (QED) is 0.340. The van der Waals surface area contributed by atoms with Crippen LogP contribution in [0.2, 0.25) is 0 Å². The molecule has 0 aliphatic carbocycles. The molecule has 0 saturated heterocycles. The summed E-state index contributed by atoms with van der Waals surface area (Å²) in [5.74, 6) is 0.652. The normalized spacial score (nSPS) is 11.1. The maximum Gasteiger partial charge on any atom is 0.257 e. The van der Waals surface area contributed by atoms with E-state index in [1.165, 1.54) is 23.5 Å². The number of methoxy groups -OCH3 is 1. The first-order valence-electron chi connectivity index (χ1n) is 10.6. The second-order valence-corrected chi connectivity index (χ2v) is 8.96. The van der Waals surface area contributed by atoms with Gasteiger partial charge in [0.15, 0.2) is 10.3 Å². The van der Waals surface area contributed by atoms with Crippen LogP contribution in [0.15, 0.2) is 39.4 Å². The maximum absolute atomic E-state index is 12.8. The summed E-state index contributed by atoms with van der Waals surface area (Å²) >= 11 is 3.01. The lowest BCUT2D eigenvalue weighted by molar-refractivity contribution is 0.385. The minimum Gasteiger partial charge on any atom is -0.481 e. The summed E-state index contributed by atoms with van der Waals surface area (Å²) in [7, 11) is 3.44. The van der Waals surface area contributed by atoms with Gasteiger partial charge in [-0.1, -0.05) is 61.6 Å². The molecule has 0 aliphatic heterocycles. The molecule has 0 spiro atoms. The Kier molecular flexibility index (Phi) is 8.37. The van der Waals surface area contributed by atoms with E-state index in [2.05, 4.69) is 36.2 Å². The van der Waals surface area contributed by atoms with E-state index in [0.717, 1.165) is 45.2 Å². The molecule has 6 nitrogen and oxygen atoms in total. The van der Waals surface area contributed by atoms with E-state index in [-0.39, 0.29) is 5.56 Å². The highest BCUT2D eigenvalue weighted by Gasteiger charge is 2.16. The predicted octanol–water partition coefficient (Wildman–Crippen LogP) is 4.33. The van der Waals surface area contributed by atoms with E-state index in [9.17, 15) is 4.79 Å². The van der Waals surface area contributed by atoms with Crippen molar-refractivity contribution in [1.29, 1.82) is 0 Å². The van der Waals surface area contributed by atoms with Crippen molar-refractivity contribution in [1.82, 2.24) is 19.5 Å². The molecule has 170 valence electrons. The third-order valence-electron chi connectivity index (χ3n) is 5.46. The molecule has 0 aliphatic rings. The van der Waals surface area contributed by atoms with Crippen molar-refractivity contribution < 1.29 is 4.74 Å². The highest BCUT2D eigenvalue weighted by atomic mass is 32.2. The van der Waals surface area contributed by atoms with Crippen molar-refractivity contribution in [2.45, 2.75) is 49.8 Å². The summed E-state index contributed by atoms with van der Waals surface area (Å²) in [6, 6.07) is 8.45. The smallest absolute Gasteiger partial charge is 0.257 e. The fraction of sp³-hybridized carbons (Fsp3) is 0.417. The maximum atomic E-state index is 12.8. The van der Waals surface area contributed by atoms with Crippen LogP contribution in [-0.2, 0) is 32.7 Å². The molecular formula is C24H30N4O2S2. The monoisotopic (exact) mass is 470 g/mol. The number of ether oxygens (including phenoxy) is 1. The molecule has 1 aromatic carbocycles. The molecule has 0 unspecified atom stereocenters. The van der Waals surface area contributed by atoms with Crippen LogP contribution in [0.1, 0.15) is 47.5 Å². The lowest BCUT2D eigenvalue weighted by atomic mass is 9.99. The summed E-state index contributed by atoms with van der Waals surface area (Å²) in [6.45, 7) is 4.10. The molecule has 0 radical (unpaired) electrons. The first-order chi connectivity index (χ1) is 15.4. The minimum absolute atomic E-state index is 0.0447. The topological polar surface area (TPSA) is 69.9 Å². The summed E-state index contributed by atoms with van der Waals surface area (Å²) in [5, 5.41) is 1.45. The van der Waals surface area contributed by atoms with Gasteiger partial charge in [-0.15, -0.1) is 0 Å². The van der Waals surface area contributed by atoms with Gasteiger partial charge in [-0.25, -0.2) is 9.97 Å². The van der Waals surface area contributed by atoms with Gasteiger partial charge < -0.3 is 4.74 Å². The number of benzene rings is 1. The SMILES string of the molecule is CCc1c(Cc2cccc(Cc3nc(SC)n(C)c(=O)c3CC)c2)nc(SC)nc1OC. The van der Waals surface area contributed by atoms with Crippen LogP contribution >= 0.6 is 23.5 Å². The Morgan fingerprint density at radius 2 is 1.56 bits per heavy atom. The largest absolute Gasteiger partial charge is 0.481 e. The summed E-state index contributed by atoms with van der Waals surface area (Å²) in [5.41, 5.74) is 6.02. The van der Waals surface area contributed by atoms with Gasteiger partial charge in [0, 0.05) is 31.0 Å². The zero-order valence-corrected chi connectivity index (χ0v) is 21.2. The highest BCUT2D eigenvalue weighted by molar-refractivity contribution is 7.98. The van der Waals surface area contributed by atoms with E-state index in [1.807, 2.05) is 19.4 Å². The standard InChI is InChI=1S/C24H30N4O2S2/c1-7-17-19(25-23(31-5)27-21(17)30-4)13-15-10-9-11-16(12-15)14-20-18(8-2)22(29)28(3)24(26-20)32-6/h9-12H,7-8,13-14H2,1-6H3. The molecule has 0 atom stereocenters. The molecule has 32 heavy (non-hydrogen) atoms. The number of hydrogen-bond donors (Lipinski definition) is 0. The molecule has 0 saturated carbocycles. The minimum atomic E-state index is 0.0447. The Bertz CT molecular complexity index is 1160. The molecule has 0 fully saturated rings. The third-order valence-corrected chi connectivity index (χ3v) is 6.74. The number of thioether (sulfide) groups is 2. The van der Waals surface area contributed by atoms with Crippen molar-refractivity contribution in [2.24, 2.45) is 7.05 Å². The zero-order valence-electron chi connectivity index (χ0n) is 19.6. The average molecular weight is 471 g/mol. The zero-order chi connectivity index (χ0) is 23.3. The van der Waals surface area contributed by atoms with Crippen LogP contribution in [0, 0.1) is 0 Å². The Morgan fingerprint density at radius 3 is 2.09 bits per heavy atom. The van der Waals surface area contributed by atoms with Gasteiger partial charge in [-0.05, 0) is 36.5 Å².